The van der Waals surface area contributed by atoms with E-state index in [0.29, 0.717) is 6.07 Å². The van der Waals surface area contributed by atoms with Crippen LogP contribution in [0.1, 0.15) is 55.7 Å². The van der Waals surface area contributed by atoms with E-state index >= 15 is 4.39 Å². The average molecular weight is 668 g/mol. The highest BCUT2D eigenvalue weighted by molar-refractivity contribution is 7.92. The zero-order valence-corrected chi connectivity index (χ0v) is 24.6. The zero-order chi connectivity index (χ0) is 33.3. The van der Waals surface area contributed by atoms with Crippen LogP contribution >= 0.6 is 0 Å². The topological polar surface area (TPSA) is 91.8 Å². The molecule has 15 heteroatoms. The van der Waals surface area contributed by atoms with E-state index in [2.05, 4.69) is 0 Å². The Morgan fingerprint density at radius 3 is 2.11 bits per heavy atom. The lowest BCUT2D eigenvalue weighted by atomic mass is 9.73. The molecule has 0 unspecified atom stereocenters. The van der Waals surface area contributed by atoms with Crippen LogP contribution in [0.4, 0.5) is 35.1 Å². The largest absolute Gasteiger partial charge is 0.481 e. The van der Waals surface area contributed by atoms with Gasteiger partial charge in [-0.05, 0) is 79.8 Å². The normalized spacial score (nSPS) is 27.5. The molecule has 0 bridgehead atoms. The Kier molecular flexibility index (Phi) is 8.06. The molecule has 0 radical (unpaired) electrons. The van der Waals surface area contributed by atoms with Gasteiger partial charge in [0.1, 0.15) is 10.6 Å². The Morgan fingerprint density at radius 2 is 1.56 bits per heavy atom. The van der Waals surface area contributed by atoms with Gasteiger partial charge >= 0.3 is 24.0 Å². The molecule has 0 spiro atoms. The summed E-state index contributed by atoms with van der Waals surface area (Å²) < 4.78 is 137. The molecule has 2 aromatic rings. The molecular formula is C30H29F8NO5S. The van der Waals surface area contributed by atoms with Crippen molar-refractivity contribution >= 4 is 21.7 Å². The monoisotopic (exact) mass is 667 g/mol. The lowest BCUT2D eigenvalue weighted by Crippen LogP contribution is -2.54. The molecule has 1 aliphatic heterocycles. The Hall–Kier alpha value is -3.23. The van der Waals surface area contributed by atoms with E-state index in [1.54, 1.807) is 6.92 Å². The van der Waals surface area contributed by atoms with Gasteiger partial charge in [0.15, 0.2) is 9.84 Å². The minimum atomic E-state index is -6.37. The number of amides is 1. The SMILES string of the molecule is C[C@H]1C[C@H](C(=O)O)CC[C@H]1C(=O)N1CC[C@@]2(S(=O)(=O)c3ccc(F)cc3)c3ccc(C(F)(C(F)(F)F)C(F)(F)F)cc3CC[C@@H]12. The van der Waals surface area contributed by atoms with Gasteiger partial charge in [-0.3, -0.25) is 9.59 Å². The van der Waals surface area contributed by atoms with Crippen LogP contribution in [0, 0.1) is 23.6 Å². The van der Waals surface area contributed by atoms with Gasteiger partial charge in [0.05, 0.1) is 16.9 Å². The summed E-state index contributed by atoms with van der Waals surface area (Å²) in [6.07, 6.45) is -12.8. The van der Waals surface area contributed by atoms with Crippen molar-refractivity contribution in [2.45, 2.75) is 79.2 Å². The second-order valence-corrected chi connectivity index (χ2v) is 14.3. The Bertz CT molecular complexity index is 1590. The van der Waals surface area contributed by atoms with Gasteiger partial charge in [-0.15, -0.1) is 0 Å². The summed E-state index contributed by atoms with van der Waals surface area (Å²) in [7, 11) is -4.60. The highest BCUT2D eigenvalue weighted by atomic mass is 32.2. The number of aryl methyl sites for hydroxylation is 1. The fourth-order valence-corrected chi connectivity index (χ4v) is 9.89. The van der Waals surface area contributed by atoms with E-state index in [1.807, 2.05) is 0 Å². The van der Waals surface area contributed by atoms with E-state index in [4.69, 9.17) is 0 Å². The van der Waals surface area contributed by atoms with Gasteiger partial charge in [0, 0.05) is 18.0 Å². The number of carboxylic acids is 1. The quantitative estimate of drug-likeness (QED) is 0.292. The van der Waals surface area contributed by atoms with Crippen LogP contribution in [0.25, 0.3) is 0 Å². The minimum Gasteiger partial charge on any atom is -0.481 e. The van der Waals surface area contributed by atoms with Gasteiger partial charge in [-0.25, -0.2) is 17.2 Å². The van der Waals surface area contributed by atoms with Gasteiger partial charge in [-0.1, -0.05) is 25.1 Å². The predicted octanol–water partition coefficient (Wildman–Crippen LogP) is 6.47. The second-order valence-electron chi connectivity index (χ2n) is 12.1. The second kappa shape index (κ2) is 10.9. The van der Waals surface area contributed by atoms with Crippen molar-refractivity contribution in [3.05, 3.63) is 65.0 Å². The van der Waals surface area contributed by atoms with Crippen LogP contribution in [-0.4, -0.2) is 55.2 Å². The number of carboxylic acid groups (broad SMARTS) is 1. The molecule has 0 aromatic heterocycles. The molecule has 2 aliphatic carbocycles. The maximum atomic E-state index is 15.0. The molecule has 2 aromatic carbocycles. The third kappa shape index (κ3) is 4.99. The summed E-state index contributed by atoms with van der Waals surface area (Å²) in [5.41, 5.74) is -7.87. The lowest BCUT2D eigenvalue weighted by Gasteiger charge is -2.44. The number of carbonyl (C=O) groups excluding carboxylic acids is 1. The van der Waals surface area contributed by atoms with Crippen LogP contribution in [0.5, 0.6) is 0 Å². The van der Waals surface area contributed by atoms with E-state index < -0.39 is 73.7 Å². The highest BCUT2D eigenvalue weighted by Gasteiger charge is 2.74. The van der Waals surface area contributed by atoms with Crippen LogP contribution in [0.3, 0.4) is 0 Å². The molecular weight excluding hydrogens is 638 g/mol. The number of alkyl halides is 7. The van der Waals surface area contributed by atoms with Crippen molar-refractivity contribution in [3.63, 3.8) is 0 Å². The number of hydrogen-bond acceptors (Lipinski definition) is 4. The molecule has 5 rings (SSSR count). The zero-order valence-electron chi connectivity index (χ0n) is 23.8. The summed E-state index contributed by atoms with van der Waals surface area (Å²) in [5.74, 6) is -3.83. The van der Waals surface area contributed by atoms with Crippen molar-refractivity contribution in [3.8, 4) is 0 Å². The Labute approximate surface area is 253 Å². The molecule has 1 saturated heterocycles. The van der Waals surface area contributed by atoms with E-state index in [0.717, 1.165) is 30.3 Å². The van der Waals surface area contributed by atoms with Crippen LogP contribution < -0.4 is 0 Å². The van der Waals surface area contributed by atoms with E-state index in [-0.39, 0.29) is 73.1 Å². The molecule has 45 heavy (non-hydrogen) atoms. The first-order valence-electron chi connectivity index (χ1n) is 14.3. The third-order valence-corrected chi connectivity index (χ3v) is 12.3. The number of likely N-dealkylation sites (tertiary alicyclic amines) is 1. The first-order chi connectivity index (χ1) is 20.8. The first kappa shape index (κ1) is 33.1. The van der Waals surface area contributed by atoms with Crippen molar-refractivity contribution in [2.75, 3.05) is 6.54 Å². The Morgan fingerprint density at radius 1 is 0.933 bits per heavy atom. The number of aliphatic carboxylic acids is 1. The summed E-state index contributed by atoms with van der Waals surface area (Å²) >= 11 is 0. The molecule has 2 fully saturated rings. The molecule has 1 amide bonds. The standard InChI is InChI=1S/C30H29F8NO5S/c1-16-14-18(26(41)42)2-9-22(16)25(40)39-13-12-27(45(43,44)21-7-5-20(31)6-8-21)23-10-4-19(15-17(23)3-11-24(27)39)28(32,29(33,34)35)30(36,37)38/h4-8,10,15-16,18,22,24H,2-3,9,11-14H2,1H3,(H,41,42)/t16-,18+,22+,24+,27+/m0/s1. The fraction of sp³-hybridized carbons (Fsp3) is 0.533. The van der Waals surface area contributed by atoms with Crippen LogP contribution in [0.15, 0.2) is 47.4 Å². The lowest BCUT2D eigenvalue weighted by molar-refractivity contribution is -0.348. The maximum absolute atomic E-state index is 15.0. The van der Waals surface area contributed by atoms with Gasteiger partial charge in [0.2, 0.25) is 5.91 Å². The summed E-state index contributed by atoms with van der Waals surface area (Å²) in [5, 5.41) is 9.41. The van der Waals surface area contributed by atoms with Crippen molar-refractivity contribution in [2.24, 2.45) is 17.8 Å². The fourth-order valence-electron chi connectivity index (χ4n) is 7.52. The Balaban J connectivity index is 1.63. The first-order valence-corrected chi connectivity index (χ1v) is 15.8. The number of nitrogens with zero attached hydrogens (tertiary/aromatic N) is 1. The number of hydrogen-bond donors (Lipinski definition) is 1. The summed E-state index contributed by atoms with van der Waals surface area (Å²) in [4.78, 5) is 26.4. The number of sulfone groups is 1. The summed E-state index contributed by atoms with van der Waals surface area (Å²) in [6, 6.07) is 4.07. The molecule has 6 nitrogen and oxygen atoms in total. The molecule has 1 N–H and O–H groups in total. The molecule has 3 aliphatic rings. The van der Waals surface area contributed by atoms with Gasteiger partial charge < -0.3 is 10.0 Å². The number of halogens is 8. The van der Waals surface area contributed by atoms with Crippen molar-refractivity contribution in [1.29, 1.82) is 0 Å². The molecule has 246 valence electrons. The van der Waals surface area contributed by atoms with Crippen LogP contribution in [-0.2, 0) is 36.3 Å². The maximum Gasteiger partial charge on any atom is 0.435 e. The predicted molar refractivity (Wildman–Crippen MR) is 143 cm³/mol. The third-order valence-electron chi connectivity index (χ3n) is 9.79. The van der Waals surface area contributed by atoms with Gasteiger partial charge in [-0.2, -0.15) is 26.3 Å². The van der Waals surface area contributed by atoms with Crippen molar-refractivity contribution < 1.29 is 58.2 Å². The van der Waals surface area contributed by atoms with E-state index in [9.17, 15) is 53.8 Å². The van der Waals surface area contributed by atoms with E-state index in [1.165, 1.54) is 4.90 Å². The van der Waals surface area contributed by atoms with Crippen molar-refractivity contribution in [1.82, 2.24) is 4.90 Å². The molecule has 1 saturated carbocycles. The highest BCUT2D eigenvalue weighted by Crippen LogP contribution is 2.57. The van der Waals surface area contributed by atoms with Crippen LogP contribution in [0.2, 0.25) is 0 Å². The number of carbonyl (C=O) groups is 2. The van der Waals surface area contributed by atoms with Gasteiger partial charge in [0.25, 0.3) is 0 Å². The summed E-state index contributed by atoms with van der Waals surface area (Å²) in [6.45, 7) is 1.59. The molecule has 1 heterocycles. The average Bonchev–Trinajstić information content (AvgIpc) is 3.37. The number of benzene rings is 2. The minimum absolute atomic E-state index is 0.130. The smallest absolute Gasteiger partial charge is 0.435 e. The molecule has 5 atom stereocenters. The number of fused-ring (bicyclic) bond motifs is 3. The number of rotatable bonds is 5.